The largest absolute Gasteiger partial charge is 0.389 e. The van der Waals surface area contributed by atoms with Crippen molar-refractivity contribution in [2.75, 3.05) is 0 Å². The molecule has 3 unspecified atom stereocenters. The third-order valence-electron chi connectivity index (χ3n) is 6.91. The molecule has 3 atom stereocenters. The first-order valence-electron chi connectivity index (χ1n) is 11.2. The molecule has 5 rings (SSSR count). The first-order chi connectivity index (χ1) is 15.7. The van der Waals surface area contributed by atoms with Crippen molar-refractivity contribution in [3.8, 4) is 5.69 Å². The Morgan fingerprint density at radius 2 is 1.79 bits per heavy atom. The zero-order chi connectivity index (χ0) is 23.5. The number of rotatable bonds is 3. The first-order valence-corrected chi connectivity index (χ1v) is 11.2. The molecule has 33 heavy (non-hydrogen) atoms. The van der Waals surface area contributed by atoms with Crippen LogP contribution in [0.5, 0.6) is 0 Å². The number of Topliss-reactive ketones (excluding diaryl/α,β-unsaturated/α-hetero) is 1. The number of nitrogens with one attached hydrogen (secondary N) is 1. The molecule has 2 heterocycles. The second-order valence-corrected chi connectivity index (χ2v) is 9.41. The third-order valence-corrected chi connectivity index (χ3v) is 6.91. The van der Waals surface area contributed by atoms with Gasteiger partial charge in [0.1, 0.15) is 5.78 Å². The second-order valence-electron chi connectivity index (χ2n) is 9.41. The maximum absolute atomic E-state index is 13.6. The van der Waals surface area contributed by atoms with Crippen LogP contribution >= 0.6 is 0 Å². The van der Waals surface area contributed by atoms with Crippen LogP contribution in [0.2, 0.25) is 0 Å². The van der Waals surface area contributed by atoms with E-state index in [1.54, 1.807) is 6.92 Å². The Morgan fingerprint density at radius 1 is 1.12 bits per heavy atom. The number of aliphatic hydroxyl groups is 1. The molecule has 2 N–H and O–H groups in total. The number of pyridine rings is 1. The number of fused-ring (bicyclic) bond motifs is 3. The van der Waals surface area contributed by atoms with Crippen LogP contribution in [-0.2, 0) is 11.2 Å². The van der Waals surface area contributed by atoms with Crippen molar-refractivity contribution in [2.24, 2.45) is 5.92 Å². The number of carbonyl (C=O) groups excluding carboxylic acids is 1. The monoisotopic (exact) mass is 441 g/mol. The number of para-hydroxylation sites is 1. The number of aromatic amines is 1. The zero-order valence-corrected chi connectivity index (χ0v) is 19.2. The van der Waals surface area contributed by atoms with E-state index in [1.165, 1.54) is 11.6 Å². The summed E-state index contributed by atoms with van der Waals surface area (Å²) in [6.45, 7) is 7.16. The molecule has 0 aliphatic heterocycles. The van der Waals surface area contributed by atoms with E-state index in [4.69, 9.17) is 4.98 Å². The number of aryl methyl sites for hydroxylation is 2. The number of hydrogen-bond acceptors (Lipinski definition) is 4. The summed E-state index contributed by atoms with van der Waals surface area (Å²) >= 11 is 0. The lowest BCUT2D eigenvalue weighted by Gasteiger charge is -2.43. The molecule has 0 amide bonds. The van der Waals surface area contributed by atoms with Gasteiger partial charge in [0.2, 0.25) is 0 Å². The van der Waals surface area contributed by atoms with E-state index in [2.05, 4.69) is 5.10 Å². The Bertz CT molecular complexity index is 1430. The van der Waals surface area contributed by atoms with Gasteiger partial charge in [-0.05, 0) is 56.5 Å². The maximum atomic E-state index is 13.6. The highest BCUT2D eigenvalue weighted by molar-refractivity contribution is 5.86. The minimum absolute atomic E-state index is 0.0773. The molecule has 0 radical (unpaired) electrons. The Kier molecular flexibility index (Phi) is 4.87. The van der Waals surface area contributed by atoms with Gasteiger partial charge in [-0.25, -0.2) is 9.67 Å². The number of benzene rings is 2. The van der Waals surface area contributed by atoms with E-state index in [0.29, 0.717) is 16.7 Å². The molecular formula is C27H27N3O3. The first kappa shape index (κ1) is 21.3. The Hall–Kier alpha value is -3.51. The topological polar surface area (TPSA) is 88.0 Å². The molecule has 1 aliphatic rings. The highest BCUT2D eigenvalue weighted by Crippen LogP contribution is 2.48. The van der Waals surface area contributed by atoms with Crippen LogP contribution in [0.1, 0.15) is 47.7 Å². The molecule has 0 bridgehead atoms. The number of nitrogens with zero attached hydrogens (tertiary/aromatic N) is 2. The Balaban J connectivity index is 1.84. The quantitative estimate of drug-likeness (QED) is 0.504. The van der Waals surface area contributed by atoms with Crippen LogP contribution in [0, 0.1) is 19.8 Å². The molecule has 2 aromatic carbocycles. The van der Waals surface area contributed by atoms with Crippen molar-refractivity contribution in [2.45, 2.75) is 45.6 Å². The fourth-order valence-corrected chi connectivity index (χ4v) is 5.51. The molecule has 0 fully saturated rings. The summed E-state index contributed by atoms with van der Waals surface area (Å²) in [5.74, 6) is -1.11. The average molecular weight is 442 g/mol. The van der Waals surface area contributed by atoms with Crippen molar-refractivity contribution in [1.29, 1.82) is 0 Å². The van der Waals surface area contributed by atoms with Crippen molar-refractivity contribution in [1.82, 2.24) is 14.8 Å². The van der Waals surface area contributed by atoms with Crippen LogP contribution < -0.4 is 5.56 Å². The Morgan fingerprint density at radius 3 is 2.42 bits per heavy atom. The van der Waals surface area contributed by atoms with Crippen LogP contribution in [0.3, 0.4) is 0 Å². The van der Waals surface area contributed by atoms with Crippen LogP contribution in [-0.4, -0.2) is 31.3 Å². The number of hydrogen-bond donors (Lipinski definition) is 2. The van der Waals surface area contributed by atoms with Gasteiger partial charge in [0, 0.05) is 18.0 Å². The number of aromatic nitrogens is 3. The minimum Gasteiger partial charge on any atom is -0.389 e. The molecule has 6 nitrogen and oxygen atoms in total. The van der Waals surface area contributed by atoms with Gasteiger partial charge in [-0.2, -0.15) is 0 Å². The lowest BCUT2D eigenvalue weighted by molar-refractivity contribution is -0.130. The molecule has 1 aliphatic carbocycles. The minimum atomic E-state index is -1.31. The predicted molar refractivity (Wildman–Crippen MR) is 128 cm³/mol. The van der Waals surface area contributed by atoms with Gasteiger partial charge >= 0.3 is 0 Å². The molecule has 0 spiro atoms. The van der Waals surface area contributed by atoms with Gasteiger partial charge in [-0.1, -0.05) is 48.0 Å². The summed E-state index contributed by atoms with van der Waals surface area (Å²) in [6, 6.07) is 17.4. The van der Waals surface area contributed by atoms with Crippen molar-refractivity contribution < 1.29 is 9.90 Å². The standard InChI is InChI=1S/C27H27N3O3/c1-15-10-12-18(13-11-15)22-21-16(2)28-25-23(20(21)14-27(4,33)24(22)17(3)31)26(32)30(29-25)19-8-6-5-7-9-19/h5-13,22,24,33H,14H2,1-4H3,(H,28,29). The fourth-order valence-electron chi connectivity index (χ4n) is 5.51. The van der Waals surface area contributed by atoms with Gasteiger partial charge in [0.25, 0.3) is 5.56 Å². The summed E-state index contributed by atoms with van der Waals surface area (Å²) in [6.07, 6.45) is 0.205. The molecule has 0 saturated heterocycles. The lowest BCUT2D eigenvalue weighted by Crippen LogP contribution is -2.48. The van der Waals surface area contributed by atoms with Gasteiger partial charge in [0.15, 0.2) is 5.65 Å². The van der Waals surface area contributed by atoms with Gasteiger partial charge < -0.3 is 5.11 Å². The summed E-state index contributed by atoms with van der Waals surface area (Å²) in [5, 5.41) is 15.2. The van der Waals surface area contributed by atoms with E-state index in [9.17, 15) is 14.7 Å². The summed E-state index contributed by atoms with van der Waals surface area (Å²) in [7, 11) is 0. The SMILES string of the molecule is CC(=O)C1C(c2ccc(C)cc2)c2c(C)nc3[nH]n(-c4ccccc4)c(=O)c3c2CC1(C)O. The highest BCUT2D eigenvalue weighted by Gasteiger charge is 2.48. The third kappa shape index (κ3) is 3.33. The van der Waals surface area contributed by atoms with Gasteiger partial charge in [-0.15, -0.1) is 0 Å². The van der Waals surface area contributed by atoms with E-state index in [0.717, 1.165) is 27.9 Å². The highest BCUT2D eigenvalue weighted by atomic mass is 16.3. The summed E-state index contributed by atoms with van der Waals surface area (Å²) in [5.41, 5.74) is 4.12. The molecule has 6 heteroatoms. The van der Waals surface area contributed by atoms with E-state index >= 15 is 0 Å². The Labute approximate surface area is 191 Å². The van der Waals surface area contributed by atoms with Crippen molar-refractivity contribution in [3.05, 3.63) is 92.9 Å². The van der Waals surface area contributed by atoms with Gasteiger partial charge in [0.05, 0.1) is 22.6 Å². The van der Waals surface area contributed by atoms with Gasteiger partial charge in [-0.3, -0.25) is 14.7 Å². The molecule has 0 saturated carbocycles. The summed E-state index contributed by atoms with van der Waals surface area (Å²) in [4.78, 5) is 31.2. The van der Waals surface area contributed by atoms with E-state index in [1.807, 2.05) is 68.4 Å². The van der Waals surface area contributed by atoms with E-state index < -0.39 is 17.4 Å². The predicted octanol–water partition coefficient (Wildman–Crippen LogP) is 3.97. The molecule has 2 aromatic heterocycles. The molecule has 168 valence electrons. The van der Waals surface area contributed by atoms with Crippen molar-refractivity contribution in [3.63, 3.8) is 0 Å². The number of carbonyl (C=O) groups is 1. The van der Waals surface area contributed by atoms with Crippen LogP contribution in [0.4, 0.5) is 0 Å². The van der Waals surface area contributed by atoms with Crippen molar-refractivity contribution >= 4 is 16.8 Å². The average Bonchev–Trinajstić information content (AvgIpc) is 3.09. The zero-order valence-electron chi connectivity index (χ0n) is 19.2. The van der Waals surface area contributed by atoms with E-state index in [-0.39, 0.29) is 17.8 Å². The summed E-state index contributed by atoms with van der Waals surface area (Å²) < 4.78 is 1.49. The fraction of sp³-hybridized carbons (Fsp3) is 0.296. The second kappa shape index (κ2) is 7.52. The van der Waals surface area contributed by atoms with Crippen LogP contribution in [0.25, 0.3) is 16.7 Å². The van der Waals surface area contributed by atoms with Crippen LogP contribution in [0.15, 0.2) is 59.4 Å². The number of ketones is 1. The molecule has 4 aromatic rings. The number of H-pyrrole nitrogens is 1. The smallest absolute Gasteiger partial charge is 0.281 e. The molecular weight excluding hydrogens is 414 g/mol. The lowest BCUT2D eigenvalue weighted by atomic mass is 9.62. The normalized spacial score (nSPS) is 22.3. The maximum Gasteiger partial charge on any atom is 0.281 e.